The summed E-state index contributed by atoms with van der Waals surface area (Å²) in [7, 11) is 10.1. The van der Waals surface area contributed by atoms with Crippen LogP contribution >= 0.6 is 0 Å². The lowest BCUT2D eigenvalue weighted by atomic mass is 9.76. The molecule has 0 spiro atoms. The lowest BCUT2D eigenvalue weighted by Crippen LogP contribution is -2.28. The van der Waals surface area contributed by atoms with Gasteiger partial charge in [-0.3, -0.25) is 9.59 Å². The Morgan fingerprint density at radius 2 is 1.05 bits per heavy atom. The average Bonchev–Trinajstić information content (AvgIpc) is 2.82. The van der Waals surface area contributed by atoms with E-state index < -0.39 is 0 Å². The van der Waals surface area contributed by atoms with Crippen LogP contribution in [0.5, 0.6) is 11.5 Å². The van der Waals surface area contributed by atoms with Crippen molar-refractivity contribution >= 4 is 11.8 Å². The first-order valence-corrected chi connectivity index (χ1v) is 12.2. The molecule has 0 radical (unpaired) electrons. The molecule has 0 saturated carbocycles. The zero-order chi connectivity index (χ0) is 27.9. The molecule has 0 bridgehead atoms. The number of rotatable bonds is 12. The number of likely N-dealkylation sites (N-methyl/N-ethyl adjacent to an activating group) is 2. The first-order chi connectivity index (χ1) is 17.3. The Morgan fingerprint density at radius 3 is 1.35 bits per heavy atom. The van der Waals surface area contributed by atoms with Gasteiger partial charge in [0.2, 0.25) is 0 Å². The van der Waals surface area contributed by atoms with E-state index in [9.17, 15) is 9.59 Å². The molecular formula is C29H42N2O6. The second kappa shape index (κ2) is 12.9. The molecule has 0 aliphatic carbocycles. The highest BCUT2D eigenvalue weighted by molar-refractivity contribution is 5.77. The van der Waals surface area contributed by atoms with Gasteiger partial charge in [0, 0.05) is 59.0 Å². The van der Waals surface area contributed by atoms with Crippen LogP contribution in [0.3, 0.4) is 0 Å². The van der Waals surface area contributed by atoms with Gasteiger partial charge in [0.15, 0.2) is 13.2 Å². The van der Waals surface area contributed by atoms with Crippen LogP contribution in [0.1, 0.15) is 47.2 Å². The molecule has 37 heavy (non-hydrogen) atoms. The van der Waals surface area contributed by atoms with Crippen LogP contribution < -0.4 is 9.47 Å². The van der Waals surface area contributed by atoms with Gasteiger partial charge in [0.05, 0.1) is 13.2 Å². The van der Waals surface area contributed by atoms with Crippen molar-refractivity contribution in [1.29, 1.82) is 0 Å². The van der Waals surface area contributed by atoms with Crippen molar-refractivity contribution in [2.75, 3.05) is 55.6 Å². The number of hydrogen-bond acceptors (Lipinski definition) is 6. The highest BCUT2D eigenvalue weighted by Crippen LogP contribution is 2.39. The third kappa shape index (κ3) is 7.46. The monoisotopic (exact) mass is 514 g/mol. The molecule has 0 heterocycles. The van der Waals surface area contributed by atoms with Crippen molar-refractivity contribution < 1.29 is 28.5 Å². The maximum atomic E-state index is 12.1. The molecule has 0 unspecified atom stereocenters. The van der Waals surface area contributed by atoms with Gasteiger partial charge >= 0.3 is 0 Å². The topological polar surface area (TPSA) is 77.5 Å². The molecular weight excluding hydrogens is 472 g/mol. The van der Waals surface area contributed by atoms with E-state index >= 15 is 0 Å². The number of aryl methyl sites for hydroxylation is 2. The van der Waals surface area contributed by atoms with E-state index in [1.165, 1.54) is 9.80 Å². The average molecular weight is 515 g/mol. The van der Waals surface area contributed by atoms with Crippen molar-refractivity contribution in [2.45, 2.75) is 46.3 Å². The Kier molecular flexibility index (Phi) is 10.5. The van der Waals surface area contributed by atoms with Crippen molar-refractivity contribution in [2.24, 2.45) is 0 Å². The highest BCUT2D eigenvalue weighted by Gasteiger charge is 2.28. The van der Waals surface area contributed by atoms with Gasteiger partial charge in [0.25, 0.3) is 11.8 Å². The Hall–Kier alpha value is -3.10. The second-order valence-corrected chi connectivity index (χ2v) is 10.2. The van der Waals surface area contributed by atoms with E-state index in [0.29, 0.717) is 24.7 Å². The summed E-state index contributed by atoms with van der Waals surface area (Å²) in [5, 5.41) is 0. The summed E-state index contributed by atoms with van der Waals surface area (Å²) in [4.78, 5) is 27.2. The van der Waals surface area contributed by atoms with Crippen molar-refractivity contribution in [1.82, 2.24) is 9.80 Å². The number of benzene rings is 2. The van der Waals surface area contributed by atoms with E-state index in [2.05, 4.69) is 38.1 Å². The van der Waals surface area contributed by atoms with E-state index in [0.717, 1.165) is 33.4 Å². The maximum Gasteiger partial charge on any atom is 0.259 e. The summed E-state index contributed by atoms with van der Waals surface area (Å²) in [5.74, 6) is 1.12. The number of methoxy groups -OCH3 is 2. The third-order valence-corrected chi connectivity index (χ3v) is 6.42. The van der Waals surface area contributed by atoms with Gasteiger partial charge in [-0.15, -0.1) is 0 Å². The standard InChI is InChI=1S/C29H42N2O6/c1-19-11-23(13-21(15-34-9)27(19)36-17-25(32)30(5)6)29(3,4)24-12-20(2)28(22(14-24)16-35-10)37-18-26(33)31(7)8/h11-14H,15-18H2,1-10H3. The fourth-order valence-electron chi connectivity index (χ4n) is 4.05. The van der Waals surface area contributed by atoms with Crippen LogP contribution in [0.4, 0.5) is 0 Å². The first-order valence-electron chi connectivity index (χ1n) is 12.2. The molecule has 0 aliphatic heterocycles. The number of amides is 2. The molecule has 2 amide bonds. The summed E-state index contributed by atoms with van der Waals surface area (Å²) in [6, 6.07) is 8.36. The van der Waals surface area contributed by atoms with Crippen molar-refractivity contribution in [3.05, 3.63) is 57.6 Å². The van der Waals surface area contributed by atoms with E-state index in [-0.39, 0.29) is 30.4 Å². The van der Waals surface area contributed by atoms with E-state index in [4.69, 9.17) is 18.9 Å². The number of carbonyl (C=O) groups excluding carboxylic acids is 2. The summed E-state index contributed by atoms with van der Waals surface area (Å²) in [6.45, 7) is 8.93. The minimum absolute atomic E-state index is 0.0370. The minimum Gasteiger partial charge on any atom is -0.483 e. The van der Waals surface area contributed by atoms with Gasteiger partial charge in [-0.05, 0) is 48.2 Å². The van der Waals surface area contributed by atoms with Gasteiger partial charge in [0.1, 0.15) is 11.5 Å². The van der Waals surface area contributed by atoms with Crippen molar-refractivity contribution in [3.63, 3.8) is 0 Å². The molecule has 0 atom stereocenters. The molecule has 2 aromatic rings. The van der Waals surface area contributed by atoms with Gasteiger partial charge < -0.3 is 28.7 Å². The normalized spacial score (nSPS) is 11.3. The third-order valence-electron chi connectivity index (χ3n) is 6.42. The number of carbonyl (C=O) groups is 2. The smallest absolute Gasteiger partial charge is 0.259 e. The predicted molar refractivity (Wildman–Crippen MR) is 144 cm³/mol. The lowest BCUT2D eigenvalue weighted by Gasteiger charge is -2.30. The minimum atomic E-state index is -0.378. The van der Waals surface area contributed by atoms with E-state index in [1.54, 1.807) is 42.4 Å². The second-order valence-electron chi connectivity index (χ2n) is 10.2. The summed E-state index contributed by atoms with van der Waals surface area (Å²) < 4.78 is 22.8. The largest absolute Gasteiger partial charge is 0.483 e. The molecule has 8 nitrogen and oxygen atoms in total. The molecule has 0 N–H and O–H groups in total. The molecule has 0 aliphatic rings. The zero-order valence-corrected chi connectivity index (χ0v) is 24.0. The Morgan fingerprint density at radius 1 is 0.703 bits per heavy atom. The van der Waals surface area contributed by atoms with Crippen molar-refractivity contribution in [3.8, 4) is 11.5 Å². The quantitative estimate of drug-likeness (QED) is 0.428. The molecule has 0 aromatic heterocycles. The van der Waals surface area contributed by atoms with Gasteiger partial charge in [-0.2, -0.15) is 0 Å². The van der Waals surface area contributed by atoms with Crippen LogP contribution in [0.15, 0.2) is 24.3 Å². The zero-order valence-electron chi connectivity index (χ0n) is 24.0. The summed E-state index contributed by atoms with van der Waals surface area (Å²) in [6.07, 6.45) is 0. The highest BCUT2D eigenvalue weighted by atomic mass is 16.5. The van der Waals surface area contributed by atoms with Crippen LogP contribution in [0.25, 0.3) is 0 Å². The number of ether oxygens (including phenoxy) is 4. The molecule has 2 aromatic carbocycles. The summed E-state index contributed by atoms with van der Waals surface area (Å²) in [5.41, 5.74) is 5.42. The van der Waals surface area contributed by atoms with Crippen LogP contribution in [-0.4, -0.2) is 77.2 Å². The molecule has 2 rings (SSSR count). The maximum absolute atomic E-state index is 12.1. The van der Waals surface area contributed by atoms with Gasteiger partial charge in [-0.25, -0.2) is 0 Å². The number of hydrogen-bond donors (Lipinski definition) is 0. The molecule has 204 valence electrons. The number of nitrogens with zero attached hydrogens (tertiary/aromatic N) is 2. The fourth-order valence-corrected chi connectivity index (χ4v) is 4.05. The van der Waals surface area contributed by atoms with Crippen LogP contribution in [-0.2, 0) is 37.7 Å². The van der Waals surface area contributed by atoms with E-state index in [1.807, 2.05) is 13.8 Å². The molecule has 0 fully saturated rings. The first kappa shape index (κ1) is 30.1. The summed E-state index contributed by atoms with van der Waals surface area (Å²) >= 11 is 0. The Balaban J connectivity index is 2.50. The fraction of sp³-hybridized carbons (Fsp3) is 0.517. The molecule has 0 saturated heterocycles. The Bertz CT molecular complexity index is 1020. The van der Waals surface area contributed by atoms with Gasteiger partial charge in [-0.1, -0.05) is 26.0 Å². The Labute approximate surface area is 221 Å². The molecule has 8 heteroatoms. The SMILES string of the molecule is COCc1cc(C(C)(C)c2cc(C)c(OCC(=O)N(C)C)c(COC)c2)cc(C)c1OCC(=O)N(C)C. The predicted octanol–water partition coefficient (Wildman–Crippen LogP) is 3.86. The lowest BCUT2D eigenvalue weighted by molar-refractivity contribution is -0.131. The van der Waals surface area contributed by atoms with Crippen LogP contribution in [0.2, 0.25) is 0 Å². The van der Waals surface area contributed by atoms with Crippen LogP contribution in [0, 0.1) is 13.8 Å².